The van der Waals surface area contributed by atoms with E-state index >= 15 is 0 Å². The summed E-state index contributed by atoms with van der Waals surface area (Å²) in [7, 11) is 0. The second-order valence-electron chi connectivity index (χ2n) is 2.87. The minimum absolute atomic E-state index is 0.111. The lowest BCUT2D eigenvalue weighted by Gasteiger charge is -1.96. The van der Waals surface area contributed by atoms with Gasteiger partial charge in [0.25, 0.3) is 0 Å². The fourth-order valence-corrected chi connectivity index (χ4v) is 1.10. The van der Waals surface area contributed by atoms with Crippen LogP contribution in [-0.2, 0) is 6.54 Å². The Kier molecular flexibility index (Phi) is 3.33. The topological polar surface area (TPSA) is 22.0 Å². The van der Waals surface area contributed by atoms with Crippen molar-refractivity contribution >= 4 is 5.78 Å². The van der Waals surface area contributed by atoms with Gasteiger partial charge in [-0.05, 0) is 19.9 Å². The fourth-order valence-electron chi connectivity index (χ4n) is 1.10. The highest BCUT2D eigenvalue weighted by Crippen LogP contribution is 2.02. The number of rotatable bonds is 3. The Bertz CT molecular complexity index is 352. The Morgan fingerprint density at radius 2 is 2.38 bits per heavy atom. The molecule has 0 aliphatic rings. The van der Waals surface area contributed by atoms with Gasteiger partial charge >= 0.3 is 0 Å². The largest absolute Gasteiger partial charge is 0.353 e. The van der Waals surface area contributed by atoms with Crippen molar-refractivity contribution in [1.29, 1.82) is 0 Å². The van der Waals surface area contributed by atoms with Gasteiger partial charge in [-0.2, -0.15) is 0 Å². The van der Waals surface area contributed by atoms with Crippen LogP contribution in [0, 0.1) is 11.8 Å². The van der Waals surface area contributed by atoms with Crippen molar-refractivity contribution in [2.75, 3.05) is 0 Å². The molecule has 2 heteroatoms. The van der Waals surface area contributed by atoms with E-state index in [-0.39, 0.29) is 5.78 Å². The summed E-state index contributed by atoms with van der Waals surface area (Å²) in [4.78, 5) is 10.9. The number of ketones is 1. The molecule has 0 saturated carbocycles. The third kappa shape index (κ3) is 2.79. The first-order chi connectivity index (χ1) is 6.24. The van der Waals surface area contributed by atoms with Crippen LogP contribution in [0.3, 0.4) is 0 Å². The number of hydrogen-bond acceptors (Lipinski definition) is 1. The first-order valence-electron chi connectivity index (χ1n) is 4.30. The molecule has 0 saturated heterocycles. The molecule has 0 N–H and O–H groups in total. The minimum atomic E-state index is 0.111. The molecule has 13 heavy (non-hydrogen) atoms. The maximum Gasteiger partial charge on any atom is 0.161 e. The average molecular weight is 175 g/mol. The molecular formula is C11H13NO. The normalized spacial score (nSPS) is 9.08. The summed E-state index contributed by atoms with van der Waals surface area (Å²) in [5.41, 5.74) is 0.768. The Balaban J connectivity index is 2.57. The van der Waals surface area contributed by atoms with Gasteiger partial charge in [-0.3, -0.25) is 4.79 Å². The van der Waals surface area contributed by atoms with E-state index in [1.807, 2.05) is 30.0 Å². The molecule has 2 nitrogen and oxygen atoms in total. The highest BCUT2D eigenvalue weighted by Gasteiger charge is 1.99. The molecule has 0 radical (unpaired) electrons. The van der Waals surface area contributed by atoms with E-state index in [0.29, 0.717) is 0 Å². The van der Waals surface area contributed by atoms with Crippen LogP contribution in [0.15, 0.2) is 18.5 Å². The Morgan fingerprint density at radius 1 is 1.62 bits per heavy atom. The molecule has 0 aliphatic carbocycles. The summed E-state index contributed by atoms with van der Waals surface area (Å²) >= 11 is 0. The third-order valence-corrected chi connectivity index (χ3v) is 1.83. The van der Waals surface area contributed by atoms with Crippen LogP contribution < -0.4 is 0 Å². The number of aryl methyl sites for hydroxylation is 1. The van der Waals surface area contributed by atoms with Crippen LogP contribution >= 0.6 is 0 Å². The lowest BCUT2D eigenvalue weighted by atomic mass is 10.2. The van der Waals surface area contributed by atoms with Gasteiger partial charge in [0.2, 0.25) is 0 Å². The number of carbonyl (C=O) groups is 1. The van der Waals surface area contributed by atoms with E-state index in [9.17, 15) is 4.79 Å². The second kappa shape index (κ2) is 4.51. The van der Waals surface area contributed by atoms with Crippen molar-refractivity contribution in [3.05, 3.63) is 24.0 Å². The van der Waals surface area contributed by atoms with Crippen LogP contribution in [0.1, 0.15) is 30.6 Å². The van der Waals surface area contributed by atoms with Crippen LogP contribution in [0.5, 0.6) is 0 Å². The molecule has 0 unspecified atom stereocenters. The zero-order valence-electron chi connectivity index (χ0n) is 8.00. The van der Waals surface area contributed by atoms with E-state index in [1.165, 1.54) is 0 Å². The molecule has 0 aliphatic heterocycles. The highest BCUT2D eigenvalue weighted by atomic mass is 16.1. The Hall–Kier alpha value is -1.49. The smallest absolute Gasteiger partial charge is 0.161 e. The molecular weight excluding hydrogens is 162 g/mol. The van der Waals surface area contributed by atoms with Gasteiger partial charge in [0.05, 0.1) is 0 Å². The Morgan fingerprint density at radius 3 is 2.92 bits per heavy atom. The quantitative estimate of drug-likeness (QED) is 0.509. The molecule has 1 aromatic heterocycles. The zero-order valence-corrected chi connectivity index (χ0v) is 8.00. The van der Waals surface area contributed by atoms with Gasteiger partial charge in [-0.15, -0.1) is 11.8 Å². The number of carbonyl (C=O) groups excluding carboxylic acids is 1. The van der Waals surface area contributed by atoms with Gasteiger partial charge in [0.1, 0.15) is 0 Å². The van der Waals surface area contributed by atoms with Crippen LogP contribution in [0.4, 0.5) is 0 Å². The van der Waals surface area contributed by atoms with Gasteiger partial charge in [0.15, 0.2) is 5.78 Å². The van der Waals surface area contributed by atoms with Crippen molar-refractivity contribution in [2.24, 2.45) is 0 Å². The number of hydrogen-bond donors (Lipinski definition) is 0. The van der Waals surface area contributed by atoms with Crippen molar-refractivity contribution in [3.63, 3.8) is 0 Å². The lowest BCUT2D eigenvalue weighted by molar-refractivity contribution is 0.101. The average Bonchev–Trinajstić information content (AvgIpc) is 2.53. The summed E-state index contributed by atoms with van der Waals surface area (Å²) in [6.07, 6.45) is 4.61. The van der Waals surface area contributed by atoms with Gasteiger partial charge in [-0.1, -0.05) is 0 Å². The van der Waals surface area contributed by atoms with Crippen LogP contribution in [-0.4, -0.2) is 10.4 Å². The molecule has 1 heterocycles. The monoisotopic (exact) mass is 175 g/mol. The highest BCUT2D eigenvalue weighted by molar-refractivity contribution is 5.93. The number of nitrogens with zero attached hydrogens (tertiary/aromatic N) is 1. The van der Waals surface area contributed by atoms with Crippen LogP contribution in [0.2, 0.25) is 0 Å². The van der Waals surface area contributed by atoms with E-state index in [1.54, 1.807) is 6.92 Å². The van der Waals surface area contributed by atoms with Crippen LogP contribution in [0.25, 0.3) is 0 Å². The number of Topliss-reactive ketones (excluding diaryl/α,β-unsaturated/α-hetero) is 1. The Labute approximate surface area is 78.6 Å². The molecule has 0 amide bonds. The van der Waals surface area contributed by atoms with Crippen molar-refractivity contribution in [3.8, 4) is 11.8 Å². The predicted octanol–water partition coefficient (Wildman–Crippen LogP) is 2.10. The summed E-state index contributed by atoms with van der Waals surface area (Å²) in [6, 6.07) is 1.84. The van der Waals surface area contributed by atoms with E-state index in [4.69, 9.17) is 0 Å². The minimum Gasteiger partial charge on any atom is -0.353 e. The number of aromatic nitrogens is 1. The maximum absolute atomic E-state index is 10.9. The fraction of sp³-hybridized carbons (Fsp3) is 0.364. The molecule has 1 rings (SSSR count). The summed E-state index contributed by atoms with van der Waals surface area (Å²) in [5, 5.41) is 0. The molecule has 1 aromatic rings. The van der Waals surface area contributed by atoms with Crippen molar-refractivity contribution < 1.29 is 4.79 Å². The van der Waals surface area contributed by atoms with Gasteiger partial charge in [-0.25, -0.2) is 0 Å². The first kappa shape index (κ1) is 9.60. The van der Waals surface area contributed by atoms with E-state index in [2.05, 4.69) is 11.8 Å². The first-order valence-corrected chi connectivity index (χ1v) is 4.30. The lowest BCUT2D eigenvalue weighted by Crippen LogP contribution is -1.94. The van der Waals surface area contributed by atoms with E-state index in [0.717, 1.165) is 18.5 Å². The second-order valence-corrected chi connectivity index (χ2v) is 2.87. The third-order valence-electron chi connectivity index (χ3n) is 1.83. The van der Waals surface area contributed by atoms with Gasteiger partial charge in [0, 0.05) is 30.9 Å². The SMILES string of the molecule is CC#CCCn1ccc(C(C)=O)c1. The van der Waals surface area contributed by atoms with E-state index < -0.39 is 0 Å². The molecule has 0 atom stereocenters. The molecule has 0 aromatic carbocycles. The summed E-state index contributed by atoms with van der Waals surface area (Å²) in [5.74, 6) is 5.93. The zero-order chi connectivity index (χ0) is 9.68. The standard InChI is InChI=1S/C11H13NO/c1-3-4-5-7-12-8-6-11(9-12)10(2)13/h6,8-9H,5,7H2,1-2H3. The molecule has 0 fully saturated rings. The van der Waals surface area contributed by atoms with Crippen molar-refractivity contribution in [2.45, 2.75) is 26.8 Å². The molecule has 0 spiro atoms. The summed E-state index contributed by atoms with van der Waals surface area (Å²) in [6.45, 7) is 4.26. The molecule has 0 bridgehead atoms. The maximum atomic E-state index is 10.9. The predicted molar refractivity (Wildman–Crippen MR) is 52.5 cm³/mol. The molecule has 68 valence electrons. The van der Waals surface area contributed by atoms with Gasteiger partial charge < -0.3 is 4.57 Å². The van der Waals surface area contributed by atoms with Crippen molar-refractivity contribution in [1.82, 2.24) is 4.57 Å². The summed E-state index contributed by atoms with van der Waals surface area (Å²) < 4.78 is 1.99.